The van der Waals surface area contributed by atoms with Gasteiger partial charge in [0.25, 0.3) is 0 Å². The van der Waals surface area contributed by atoms with Crippen LogP contribution < -0.4 is 0 Å². The van der Waals surface area contributed by atoms with Crippen molar-refractivity contribution in [2.45, 2.75) is 70.2 Å². The summed E-state index contributed by atoms with van der Waals surface area (Å²) in [5.74, 6) is 1.31. The molecular formula is C23H34O4. The molecule has 6 atom stereocenters. The molecule has 1 aromatic rings. The third-order valence-corrected chi connectivity index (χ3v) is 6.37. The van der Waals surface area contributed by atoms with Crippen LogP contribution in [-0.4, -0.2) is 41.7 Å². The Kier molecular flexibility index (Phi) is 7.33. The number of hydrogen-bond donors (Lipinski definition) is 2. The van der Waals surface area contributed by atoms with Gasteiger partial charge < -0.3 is 19.7 Å². The summed E-state index contributed by atoms with van der Waals surface area (Å²) >= 11 is 0. The molecule has 0 spiro atoms. The predicted octanol–water partition coefficient (Wildman–Crippen LogP) is 4.59. The summed E-state index contributed by atoms with van der Waals surface area (Å²) in [4.78, 5) is 0. The maximum absolute atomic E-state index is 10.7. The van der Waals surface area contributed by atoms with E-state index in [1.807, 2.05) is 25.1 Å². The Morgan fingerprint density at radius 2 is 1.93 bits per heavy atom. The van der Waals surface area contributed by atoms with Gasteiger partial charge in [-0.25, -0.2) is 0 Å². The van der Waals surface area contributed by atoms with Crippen LogP contribution in [0.2, 0.25) is 0 Å². The molecule has 0 aliphatic carbocycles. The number of rotatable bonds is 10. The Balaban J connectivity index is 1.55. The van der Waals surface area contributed by atoms with Gasteiger partial charge in [-0.2, -0.15) is 0 Å². The molecule has 150 valence electrons. The van der Waals surface area contributed by atoms with E-state index in [1.165, 1.54) is 5.56 Å². The highest BCUT2D eigenvalue weighted by molar-refractivity contribution is 5.19. The summed E-state index contributed by atoms with van der Waals surface area (Å²) < 4.78 is 11.5. The number of ether oxygens (including phenoxy) is 2. The lowest BCUT2D eigenvalue weighted by Gasteiger charge is -2.29. The summed E-state index contributed by atoms with van der Waals surface area (Å²) in [5.41, 5.74) is 1.18. The van der Waals surface area contributed by atoms with Crippen LogP contribution in [0.25, 0.3) is 0 Å². The lowest BCUT2D eigenvalue weighted by Crippen LogP contribution is -2.29. The van der Waals surface area contributed by atoms with Crippen LogP contribution in [0, 0.1) is 11.8 Å². The fourth-order valence-electron chi connectivity index (χ4n) is 4.74. The summed E-state index contributed by atoms with van der Waals surface area (Å²) in [6, 6.07) is 10.2. The van der Waals surface area contributed by atoms with E-state index in [9.17, 15) is 10.2 Å². The quantitative estimate of drug-likeness (QED) is 0.464. The second-order valence-electron chi connectivity index (χ2n) is 8.02. The molecule has 0 saturated carbocycles. The smallest absolute Gasteiger partial charge is 0.0909 e. The molecule has 2 saturated heterocycles. The van der Waals surface area contributed by atoms with Crippen LogP contribution >= 0.6 is 0 Å². The molecule has 2 N–H and O–H groups in total. The molecule has 0 aromatic heterocycles. The molecule has 2 heterocycles. The first-order valence-corrected chi connectivity index (χ1v) is 10.4. The van der Waals surface area contributed by atoms with Gasteiger partial charge in [0.2, 0.25) is 0 Å². The lowest BCUT2D eigenvalue weighted by molar-refractivity contribution is 0.0816. The van der Waals surface area contributed by atoms with Crippen molar-refractivity contribution < 1.29 is 19.7 Å². The van der Waals surface area contributed by atoms with E-state index < -0.39 is 0 Å². The topological polar surface area (TPSA) is 58.9 Å². The number of benzene rings is 1. The first-order valence-electron chi connectivity index (χ1n) is 10.4. The fourth-order valence-corrected chi connectivity index (χ4v) is 4.74. The number of aliphatic hydroxyl groups is 2. The normalized spacial score (nSPS) is 29.8. The minimum Gasteiger partial charge on any atom is -0.513 e. The second-order valence-corrected chi connectivity index (χ2v) is 8.02. The largest absolute Gasteiger partial charge is 0.513 e. The maximum atomic E-state index is 10.7. The van der Waals surface area contributed by atoms with Gasteiger partial charge in [-0.1, -0.05) is 37.3 Å². The van der Waals surface area contributed by atoms with Gasteiger partial charge in [0, 0.05) is 18.9 Å². The van der Waals surface area contributed by atoms with Gasteiger partial charge in [0.05, 0.1) is 30.7 Å². The zero-order valence-electron chi connectivity index (χ0n) is 16.6. The van der Waals surface area contributed by atoms with Crippen molar-refractivity contribution in [3.63, 3.8) is 0 Å². The fraction of sp³-hybridized carbons (Fsp3) is 0.652. The van der Waals surface area contributed by atoms with Crippen LogP contribution in [0.5, 0.6) is 0 Å². The molecule has 0 amide bonds. The summed E-state index contributed by atoms with van der Waals surface area (Å²) in [5, 5.41) is 21.0. The Morgan fingerprint density at radius 3 is 2.63 bits per heavy atom. The average Bonchev–Trinajstić information content (AvgIpc) is 3.28. The van der Waals surface area contributed by atoms with Crippen molar-refractivity contribution in [1.82, 2.24) is 0 Å². The monoisotopic (exact) mass is 374 g/mol. The van der Waals surface area contributed by atoms with Crippen LogP contribution in [0.4, 0.5) is 0 Å². The molecule has 3 rings (SSSR count). The highest BCUT2D eigenvalue weighted by Gasteiger charge is 2.48. The van der Waals surface area contributed by atoms with Crippen molar-refractivity contribution in [3.05, 3.63) is 47.7 Å². The molecule has 4 heteroatoms. The zero-order valence-corrected chi connectivity index (χ0v) is 16.6. The van der Waals surface area contributed by atoms with Crippen molar-refractivity contribution in [2.24, 2.45) is 11.8 Å². The van der Waals surface area contributed by atoms with E-state index in [0.717, 1.165) is 25.7 Å². The summed E-state index contributed by atoms with van der Waals surface area (Å²) in [7, 11) is 0. The lowest BCUT2D eigenvalue weighted by atomic mass is 9.74. The third-order valence-electron chi connectivity index (χ3n) is 6.37. The van der Waals surface area contributed by atoms with E-state index in [1.54, 1.807) is 6.08 Å². The number of allylic oxidation sites excluding steroid dienone is 1. The molecule has 2 aliphatic heterocycles. The van der Waals surface area contributed by atoms with E-state index in [4.69, 9.17) is 9.47 Å². The Bertz CT molecular complexity index is 600. The minimum absolute atomic E-state index is 0.128. The summed E-state index contributed by atoms with van der Waals surface area (Å²) in [6.07, 6.45) is 6.55. The third kappa shape index (κ3) is 5.13. The maximum Gasteiger partial charge on any atom is 0.0909 e. The number of fused-ring (bicyclic) bond motifs is 2. The standard InChI is InChI=1S/C23H34O4/c1-3-26-14-13-18(24)15-20-19(22-11-12-23(20)27-22)9-10-21(25)16(2)17-7-5-4-6-8-17/h4-8,13,16,19-25H,3,9-12,14-15H2,1-2H3/t16?,19-,20+,21?,22-,23?/m1/s1. The molecule has 4 nitrogen and oxygen atoms in total. The molecule has 2 fully saturated rings. The van der Waals surface area contributed by atoms with Gasteiger partial charge in [0.1, 0.15) is 0 Å². The summed E-state index contributed by atoms with van der Waals surface area (Å²) in [6.45, 7) is 5.16. The van der Waals surface area contributed by atoms with Crippen molar-refractivity contribution in [1.29, 1.82) is 0 Å². The van der Waals surface area contributed by atoms with Gasteiger partial charge in [0.15, 0.2) is 0 Å². The van der Waals surface area contributed by atoms with E-state index in [0.29, 0.717) is 43.3 Å². The average molecular weight is 375 g/mol. The molecule has 2 bridgehead atoms. The van der Waals surface area contributed by atoms with E-state index >= 15 is 0 Å². The first kappa shape index (κ1) is 20.4. The molecule has 3 unspecified atom stereocenters. The minimum atomic E-state index is -0.353. The van der Waals surface area contributed by atoms with Crippen molar-refractivity contribution in [3.8, 4) is 0 Å². The van der Waals surface area contributed by atoms with E-state index in [-0.39, 0.29) is 18.1 Å². The molecule has 0 radical (unpaired) electrons. The molecule has 27 heavy (non-hydrogen) atoms. The highest BCUT2D eigenvalue weighted by atomic mass is 16.5. The van der Waals surface area contributed by atoms with Crippen LogP contribution in [0.3, 0.4) is 0 Å². The van der Waals surface area contributed by atoms with Crippen molar-refractivity contribution in [2.75, 3.05) is 13.2 Å². The Morgan fingerprint density at radius 1 is 1.22 bits per heavy atom. The first-order chi connectivity index (χ1) is 13.1. The molecule has 1 aromatic carbocycles. The van der Waals surface area contributed by atoms with Gasteiger partial charge in [-0.15, -0.1) is 0 Å². The van der Waals surface area contributed by atoms with Gasteiger partial charge in [-0.05, 0) is 56.1 Å². The second kappa shape index (κ2) is 9.72. The van der Waals surface area contributed by atoms with Crippen molar-refractivity contribution >= 4 is 0 Å². The zero-order chi connectivity index (χ0) is 19.2. The van der Waals surface area contributed by atoms with Crippen LogP contribution in [-0.2, 0) is 9.47 Å². The van der Waals surface area contributed by atoms with Gasteiger partial charge in [-0.3, -0.25) is 0 Å². The van der Waals surface area contributed by atoms with Crippen LogP contribution in [0.15, 0.2) is 42.2 Å². The van der Waals surface area contributed by atoms with E-state index in [2.05, 4.69) is 19.1 Å². The number of aliphatic hydroxyl groups excluding tert-OH is 2. The Hall–Kier alpha value is -1.36. The molecular weight excluding hydrogens is 340 g/mol. The highest BCUT2D eigenvalue weighted by Crippen LogP contribution is 2.48. The Labute approximate surface area is 163 Å². The predicted molar refractivity (Wildman–Crippen MR) is 107 cm³/mol. The molecule has 2 aliphatic rings. The van der Waals surface area contributed by atoms with Gasteiger partial charge >= 0.3 is 0 Å². The SMILES string of the molecule is CCOCC=C(O)C[C@@H]1C2CC[C@@H](O2)[C@@H]1CCC(O)C(C)c1ccccc1. The number of hydrogen-bond acceptors (Lipinski definition) is 4. The van der Waals surface area contributed by atoms with Crippen LogP contribution in [0.1, 0.15) is 57.4 Å².